The highest BCUT2D eigenvalue weighted by Gasteiger charge is 2.19. The third kappa shape index (κ3) is 63.6. The fourth-order valence-electron chi connectivity index (χ4n) is 9.70. The Morgan fingerprint density at radius 1 is 0.273 bits per heavy atom. The van der Waals surface area contributed by atoms with Gasteiger partial charge in [-0.05, 0) is 89.9 Å². The first-order chi connectivity index (χ1) is 38.0. The summed E-state index contributed by atoms with van der Waals surface area (Å²) < 4.78 is 16.9. The Bertz CT molecular complexity index is 1420. The largest absolute Gasteiger partial charge is 0.462 e. The van der Waals surface area contributed by atoms with E-state index >= 15 is 0 Å². The molecule has 0 rings (SSSR count). The quantitative estimate of drug-likeness (QED) is 0.0261. The van der Waals surface area contributed by atoms with Gasteiger partial charge >= 0.3 is 17.9 Å². The maximum atomic E-state index is 12.9. The molecular weight excluding hydrogens is 949 g/mol. The molecule has 0 aromatic rings. The molecular formula is C71H126O6. The van der Waals surface area contributed by atoms with Crippen molar-refractivity contribution in [1.82, 2.24) is 0 Å². The molecule has 6 heteroatoms. The number of unbranched alkanes of at least 4 members (excludes halogenated alkanes) is 38. The molecule has 0 fully saturated rings. The van der Waals surface area contributed by atoms with Crippen LogP contribution in [0.3, 0.4) is 0 Å². The third-order valence-corrected chi connectivity index (χ3v) is 14.7. The zero-order valence-electron chi connectivity index (χ0n) is 51.2. The standard InChI is InChI=1S/C71H126O6/c1-4-7-10-13-16-19-22-25-27-29-31-33-34-35-36-38-39-41-43-46-49-52-55-58-61-64-70(73)76-67-68(66-75-69(72)63-60-57-54-51-48-45-24-21-18-15-12-9-6-3)77-71(74)65-62-59-56-53-50-47-44-42-40-37-32-30-28-26-23-20-17-14-11-8-5-2/h9,12,18,21,23,26,30,32,40,42,45,48,68H,4-8,10-11,13-17,19-20,22,24-25,27-29,31,33-39,41,43-44,46-47,49-67H2,1-3H3/b12-9-,21-18-,26-23-,32-30-,42-40-,48-45-. The summed E-state index contributed by atoms with van der Waals surface area (Å²) >= 11 is 0. The Morgan fingerprint density at radius 2 is 0.506 bits per heavy atom. The van der Waals surface area contributed by atoms with E-state index in [-0.39, 0.29) is 31.1 Å². The first-order valence-corrected chi connectivity index (χ1v) is 33.4. The molecule has 0 saturated heterocycles. The van der Waals surface area contributed by atoms with Gasteiger partial charge in [0, 0.05) is 19.3 Å². The predicted molar refractivity (Wildman–Crippen MR) is 335 cm³/mol. The van der Waals surface area contributed by atoms with Crippen molar-refractivity contribution in [3.63, 3.8) is 0 Å². The van der Waals surface area contributed by atoms with E-state index in [1.165, 1.54) is 193 Å². The number of rotatable bonds is 61. The first-order valence-electron chi connectivity index (χ1n) is 33.4. The van der Waals surface area contributed by atoms with Crippen LogP contribution in [0.15, 0.2) is 72.9 Å². The number of allylic oxidation sites excluding steroid dienone is 12. The summed E-state index contributed by atoms with van der Waals surface area (Å²) in [5.41, 5.74) is 0. The highest BCUT2D eigenvalue weighted by Crippen LogP contribution is 2.17. The van der Waals surface area contributed by atoms with Gasteiger partial charge in [0.05, 0.1) is 0 Å². The number of carbonyl (C=O) groups is 3. The summed E-state index contributed by atoms with van der Waals surface area (Å²) in [6, 6.07) is 0. The van der Waals surface area contributed by atoms with Gasteiger partial charge in [0.2, 0.25) is 0 Å². The summed E-state index contributed by atoms with van der Waals surface area (Å²) in [4.78, 5) is 38.3. The molecule has 0 amide bonds. The van der Waals surface area contributed by atoms with Crippen LogP contribution >= 0.6 is 0 Å². The highest BCUT2D eigenvalue weighted by molar-refractivity contribution is 5.71. The van der Waals surface area contributed by atoms with Crippen LogP contribution in [0, 0.1) is 0 Å². The van der Waals surface area contributed by atoms with Crippen LogP contribution in [-0.4, -0.2) is 37.2 Å². The minimum atomic E-state index is -0.795. The van der Waals surface area contributed by atoms with Crippen molar-refractivity contribution in [1.29, 1.82) is 0 Å². The average molecular weight is 1080 g/mol. The van der Waals surface area contributed by atoms with Crippen molar-refractivity contribution >= 4 is 17.9 Å². The number of esters is 3. The van der Waals surface area contributed by atoms with Crippen LogP contribution in [0.5, 0.6) is 0 Å². The number of hydrogen-bond acceptors (Lipinski definition) is 6. The summed E-state index contributed by atoms with van der Waals surface area (Å²) in [6.07, 6.45) is 85.0. The van der Waals surface area contributed by atoms with Crippen molar-refractivity contribution in [3.05, 3.63) is 72.9 Å². The van der Waals surface area contributed by atoms with E-state index in [1.807, 2.05) is 0 Å². The Kier molecular flexibility index (Phi) is 62.7. The SMILES string of the molecule is CC/C=C\C/C=C\C/C=C\CCCCCC(=O)OCC(COC(=O)CCCCCCCCCCCCCCCCCCCCCCCCCCC)OC(=O)CCCCCCCC/C=C\C/C=C\C/C=C\CCCCCCC. The molecule has 0 N–H and O–H groups in total. The molecule has 6 nitrogen and oxygen atoms in total. The molecule has 0 radical (unpaired) electrons. The Hall–Kier alpha value is -3.15. The van der Waals surface area contributed by atoms with Gasteiger partial charge in [-0.1, -0.05) is 306 Å². The van der Waals surface area contributed by atoms with Gasteiger partial charge in [-0.2, -0.15) is 0 Å². The monoisotopic (exact) mass is 1070 g/mol. The fourth-order valence-corrected chi connectivity index (χ4v) is 9.70. The van der Waals surface area contributed by atoms with E-state index in [1.54, 1.807) is 0 Å². The average Bonchev–Trinajstić information content (AvgIpc) is 3.43. The van der Waals surface area contributed by atoms with E-state index in [4.69, 9.17) is 14.2 Å². The van der Waals surface area contributed by atoms with Gasteiger partial charge in [-0.25, -0.2) is 0 Å². The lowest BCUT2D eigenvalue weighted by molar-refractivity contribution is -0.167. The van der Waals surface area contributed by atoms with Crippen LogP contribution in [-0.2, 0) is 28.6 Å². The van der Waals surface area contributed by atoms with Gasteiger partial charge in [0.15, 0.2) is 6.10 Å². The van der Waals surface area contributed by atoms with Gasteiger partial charge in [-0.15, -0.1) is 0 Å². The highest BCUT2D eigenvalue weighted by atomic mass is 16.6. The zero-order valence-corrected chi connectivity index (χ0v) is 51.2. The maximum absolute atomic E-state index is 12.9. The van der Waals surface area contributed by atoms with Crippen molar-refractivity contribution in [2.45, 2.75) is 348 Å². The minimum absolute atomic E-state index is 0.0877. The second kappa shape index (κ2) is 65.4. The van der Waals surface area contributed by atoms with E-state index < -0.39 is 6.10 Å². The normalized spacial score (nSPS) is 12.5. The summed E-state index contributed by atoms with van der Waals surface area (Å²) in [5.74, 6) is -0.915. The van der Waals surface area contributed by atoms with Crippen LogP contribution in [0.4, 0.5) is 0 Å². The lowest BCUT2D eigenvalue weighted by atomic mass is 10.0. The van der Waals surface area contributed by atoms with E-state index in [0.717, 1.165) is 109 Å². The fraction of sp³-hybridized carbons (Fsp3) is 0.789. The topological polar surface area (TPSA) is 78.9 Å². The smallest absolute Gasteiger partial charge is 0.306 e. The first kappa shape index (κ1) is 73.8. The minimum Gasteiger partial charge on any atom is -0.462 e. The van der Waals surface area contributed by atoms with Crippen LogP contribution in [0.2, 0.25) is 0 Å². The zero-order chi connectivity index (χ0) is 55.7. The van der Waals surface area contributed by atoms with Crippen molar-refractivity contribution in [2.75, 3.05) is 13.2 Å². The summed E-state index contributed by atoms with van der Waals surface area (Å²) in [5, 5.41) is 0. The van der Waals surface area contributed by atoms with Crippen molar-refractivity contribution in [2.24, 2.45) is 0 Å². The molecule has 0 aromatic heterocycles. The molecule has 0 bridgehead atoms. The molecule has 0 heterocycles. The maximum Gasteiger partial charge on any atom is 0.306 e. The lowest BCUT2D eigenvalue weighted by Crippen LogP contribution is -2.30. The summed E-state index contributed by atoms with van der Waals surface area (Å²) in [6.45, 7) is 6.53. The molecule has 0 saturated carbocycles. The van der Waals surface area contributed by atoms with Crippen LogP contribution in [0.25, 0.3) is 0 Å². The molecule has 1 atom stereocenters. The number of carbonyl (C=O) groups excluding carboxylic acids is 3. The molecule has 0 aliphatic rings. The molecule has 0 aromatic carbocycles. The van der Waals surface area contributed by atoms with Crippen LogP contribution in [0.1, 0.15) is 342 Å². The van der Waals surface area contributed by atoms with E-state index in [0.29, 0.717) is 19.3 Å². The van der Waals surface area contributed by atoms with Gasteiger partial charge in [0.25, 0.3) is 0 Å². The second-order valence-corrected chi connectivity index (χ2v) is 22.4. The molecule has 0 aliphatic carbocycles. The van der Waals surface area contributed by atoms with E-state index in [9.17, 15) is 14.4 Å². The Balaban J connectivity index is 4.30. The number of ether oxygens (including phenoxy) is 3. The van der Waals surface area contributed by atoms with Crippen molar-refractivity contribution < 1.29 is 28.6 Å². The molecule has 1 unspecified atom stereocenters. The molecule has 77 heavy (non-hydrogen) atoms. The molecule has 0 aliphatic heterocycles. The number of hydrogen-bond donors (Lipinski definition) is 0. The van der Waals surface area contributed by atoms with Gasteiger partial charge in [-0.3, -0.25) is 14.4 Å². The van der Waals surface area contributed by atoms with E-state index in [2.05, 4.69) is 93.7 Å². The predicted octanol–water partition coefficient (Wildman–Crippen LogP) is 22.9. The van der Waals surface area contributed by atoms with Crippen molar-refractivity contribution in [3.8, 4) is 0 Å². The molecule has 446 valence electrons. The Morgan fingerprint density at radius 3 is 0.805 bits per heavy atom. The Labute approximate surface area is 478 Å². The van der Waals surface area contributed by atoms with Gasteiger partial charge < -0.3 is 14.2 Å². The van der Waals surface area contributed by atoms with Crippen LogP contribution < -0.4 is 0 Å². The summed E-state index contributed by atoms with van der Waals surface area (Å²) in [7, 11) is 0. The van der Waals surface area contributed by atoms with Gasteiger partial charge in [0.1, 0.15) is 13.2 Å². The second-order valence-electron chi connectivity index (χ2n) is 22.4. The third-order valence-electron chi connectivity index (χ3n) is 14.7. The lowest BCUT2D eigenvalue weighted by Gasteiger charge is -2.18. The molecule has 0 spiro atoms.